The number of para-hydroxylation sites is 1. The van der Waals surface area contributed by atoms with Crippen LogP contribution in [0.5, 0.6) is 0 Å². The predicted octanol–water partition coefficient (Wildman–Crippen LogP) is 2.43. The molecule has 2 atom stereocenters. The summed E-state index contributed by atoms with van der Waals surface area (Å²) in [5.74, 6) is -2.82. The van der Waals surface area contributed by atoms with Crippen molar-refractivity contribution in [3.63, 3.8) is 0 Å². The minimum atomic E-state index is -2.02. The minimum Gasteiger partial charge on any atom is -1.00 e. The van der Waals surface area contributed by atoms with Gasteiger partial charge in [-0.25, -0.2) is 23.1 Å². The highest BCUT2D eigenvalue weighted by atomic mass is 35.5. The third-order valence-electron chi connectivity index (χ3n) is 7.74. The van der Waals surface area contributed by atoms with E-state index in [1.54, 1.807) is 60.8 Å². The molecule has 0 saturated heterocycles. The van der Waals surface area contributed by atoms with Crippen molar-refractivity contribution in [2.24, 2.45) is 0 Å². The van der Waals surface area contributed by atoms with E-state index in [-0.39, 0.29) is 37.9 Å². The van der Waals surface area contributed by atoms with E-state index in [2.05, 4.69) is 16.2 Å². The largest absolute Gasteiger partial charge is 1.00 e. The van der Waals surface area contributed by atoms with Crippen molar-refractivity contribution in [1.82, 2.24) is 14.8 Å². The fourth-order valence-corrected chi connectivity index (χ4v) is 6.02. The maximum absolute atomic E-state index is 15.2. The van der Waals surface area contributed by atoms with Crippen LogP contribution in [-0.4, -0.2) is 39.0 Å². The van der Waals surface area contributed by atoms with Crippen LogP contribution < -0.4 is 21.9 Å². The molecule has 0 bridgehead atoms. The van der Waals surface area contributed by atoms with Gasteiger partial charge in [0, 0.05) is 47.1 Å². The highest BCUT2D eigenvalue weighted by Gasteiger charge is 2.43. The van der Waals surface area contributed by atoms with Gasteiger partial charge in [-0.05, 0) is 36.4 Å². The number of rotatable bonds is 11. The van der Waals surface area contributed by atoms with Crippen LogP contribution in [0.15, 0.2) is 84.8 Å². The summed E-state index contributed by atoms with van der Waals surface area (Å²) in [7, 11) is 1.52. The van der Waals surface area contributed by atoms with Crippen LogP contribution in [0.25, 0.3) is 11.3 Å². The fraction of sp³-hybridized carbons (Fsp3) is 0.235. The average Bonchev–Trinajstić information content (AvgIpc) is 3.77. The Kier molecular flexibility index (Phi) is 11.8. The molecule has 0 radical (unpaired) electrons. The first-order valence-electron chi connectivity index (χ1n) is 14.7. The lowest BCUT2D eigenvalue weighted by molar-refractivity contribution is -0.727. The number of halogens is 3. The smallest absolute Gasteiger partial charge is 0.416 e. The van der Waals surface area contributed by atoms with E-state index >= 15 is 4.39 Å². The quantitative estimate of drug-likeness (QED) is 0.163. The van der Waals surface area contributed by atoms with Crippen LogP contribution in [0.4, 0.5) is 19.3 Å². The average molecular weight is 709 g/mol. The summed E-state index contributed by atoms with van der Waals surface area (Å²) in [5, 5.41) is 27.8. The Hall–Kier alpha value is -5.23. The molecule has 254 valence electrons. The maximum atomic E-state index is 15.2. The lowest BCUT2D eigenvalue weighted by Crippen LogP contribution is -3.00. The van der Waals surface area contributed by atoms with Gasteiger partial charge in [0.2, 0.25) is 13.1 Å². The number of amides is 1. The van der Waals surface area contributed by atoms with Gasteiger partial charge in [-0.1, -0.05) is 37.3 Å². The summed E-state index contributed by atoms with van der Waals surface area (Å²) in [6.45, 7) is 2.39. The Morgan fingerprint density at radius 2 is 1.88 bits per heavy atom. The number of hydrogen-bond acceptors (Lipinski definition) is 9. The molecule has 49 heavy (non-hydrogen) atoms. The van der Waals surface area contributed by atoms with Gasteiger partial charge in [-0.3, -0.25) is 9.69 Å². The number of anilines is 1. The first-order valence-corrected chi connectivity index (χ1v) is 15.5. The molecule has 2 aromatic heterocycles. The van der Waals surface area contributed by atoms with E-state index in [1.165, 1.54) is 52.1 Å². The molecular formula is C34H31ClF2N6O5S. The number of benzene rings is 3. The lowest BCUT2D eigenvalue weighted by Gasteiger charge is -2.32. The van der Waals surface area contributed by atoms with E-state index in [0.717, 1.165) is 23.8 Å². The van der Waals surface area contributed by atoms with Crippen LogP contribution in [0, 0.1) is 23.0 Å². The van der Waals surface area contributed by atoms with Gasteiger partial charge in [0.05, 0.1) is 28.0 Å². The zero-order chi connectivity index (χ0) is 34.4. The molecule has 11 nitrogen and oxygen atoms in total. The van der Waals surface area contributed by atoms with Crippen LogP contribution in [0.1, 0.15) is 41.5 Å². The SMILES string of the molecule is CC(=O)OCc1ccccc1N(C)C(=O)OC[n+]1cnn(C[C@](O)(c2cc(F)ccc2F)[C@@H](C)c2nc(-c3ccc(C#N)cc3)cs2)c1.[Cl-]. The summed E-state index contributed by atoms with van der Waals surface area (Å²) >= 11 is 1.25. The molecule has 15 heteroatoms. The van der Waals surface area contributed by atoms with Gasteiger partial charge in [0.15, 0.2) is 0 Å². The number of nitriles is 1. The summed E-state index contributed by atoms with van der Waals surface area (Å²) in [4.78, 5) is 30.1. The van der Waals surface area contributed by atoms with Crippen molar-refractivity contribution >= 4 is 29.1 Å². The van der Waals surface area contributed by atoms with E-state index < -0.39 is 35.2 Å². The molecule has 0 fully saturated rings. The molecule has 3 aromatic carbocycles. The number of nitrogens with zero attached hydrogens (tertiary/aromatic N) is 6. The second-order valence-electron chi connectivity index (χ2n) is 11.0. The van der Waals surface area contributed by atoms with Crippen molar-refractivity contribution in [3.05, 3.63) is 118 Å². The number of carbonyl (C=O) groups is 2. The molecule has 0 saturated carbocycles. The van der Waals surface area contributed by atoms with Gasteiger partial charge in [-0.15, -0.1) is 16.0 Å². The normalized spacial score (nSPS) is 12.6. The number of esters is 1. The van der Waals surface area contributed by atoms with Crippen LogP contribution >= 0.6 is 11.3 Å². The van der Waals surface area contributed by atoms with Crippen molar-refractivity contribution < 1.29 is 49.9 Å². The van der Waals surface area contributed by atoms with Crippen molar-refractivity contribution in [2.75, 3.05) is 11.9 Å². The summed E-state index contributed by atoms with van der Waals surface area (Å²) in [6.07, 6.45) is 2.13. The summed E-state index contributed by atoms with van der Waals surface area (Å²) in [5.41, 5.74) is 0.667. The molecule has 0 aliphatic heterocycles. The maximum Gasteiger partial charge on any atom is 0.416 e. The number of carbonyl (C=O) groups excluding carboxylic acids is 2. The molecule has 2 heterocycles. The number of hydrogen-bond donors (Lipinski definition) is 1. The molecule has 5 aromatic rings. The van der Waals surface area contributed by atoms with E-state index in [9.17, 15) is 19.1 Å². The highest BCUT2D eigenvalue weighted by molar-refractivity contribution is 7.10. The van der Waals surface area contributed by atoms with Crippen molar-refractivity contribution in [2.45, 2.75) is 45.2 Å². The Bertz CT molecular complexity index is 1980. The zero-order valence-electron chi connectivity index (χ0n) is 26.6. The summed E-state index contributed by atoms with van der Waals surface area (Å²) in [6, 6.07) is 18.7. The van der Waals surface area contributed by atoms with Crippen LogP contribution in [0.2, 0.25) is 0 Å². The Morgan fingerprint density at radius 1 is 1.14 bits per heavy atom. The van der Waals surface area contributed by atoms with E-state index in [4.69, 9.17) is 14.7 Å². The second kappa shape index (κ2) is 15.8. The van der Waals surface area contributed by atoms with Crippen LogP contribution in [0.3, 0.4) is 0 Å². The van der Waals surface area contributed by atoms with Gasteiger partial charge in [0.1, 0.15) is 30.4 Å². The first kappa shape index (κ1) is 36.6. The number of aromatic nitrogens is 4. The monoisotopic (exact) mass is 708 g/mol. The number of thiazole rings is 1. The first-order chi connectivity index (χ1) is 23.0. The Labute approximate surface area is 291 Å². The topological polar surface area (TPSA) is 134 Å². The third kappa shape index (κ3) is 8.44. The molecule has 0 unspecified atom stereocenters. The van der Waals surface area contributed by atoms with Gasteiger partial charge in [0.25, 0.3) is 6.33 Å². The molecule has 0 aliphatic carbocycles. The van der Waals surface area contributed by atoms with Crippen molar-refractivity contribution in [1.29, 1.82) is 5.26 Å². The molecule has 1 N–H and O–H groups in total. The van der Waals surface area contributed by atoms with Gasteiger partial charge < -0.3 is 27.0 Å². The Morgan fingerprint density at radius 3 is 2.59 bits per heavy atom. The standard InChI is InChI=1S/C34H31F2N6O5S.ClH/c1-22(32-39-30(17-48-32)25-10-8-24(15-37)9-11-25)34(45,28-14-27(35)12-13-29(28)36)18-42-20-41(19-38-42)21-47-33(44)40(3)31-7-5-4-6-26(31)16-46-23(2)43;/h4-14,17,19-20,22,45H,16,18,21H2,1-3H3;1H/q+1;/p-1/t22-,34+;/m0./s1. The number of ether oxygens (including phenoxy) is 2. The van der Waals surface area contributed by atoms with Gasteiger partial charge >= 0.3 is 12.1 Å². The highest BCUT2D eigenvalue weighted by Crippen LogP contribution is 2.41. The molecule has 0 spiro atoms. The van der Waals surface area contributed by atoms with Crippen LogP contribution in [-0.2, 0) is 39.8 Å². The fourth-order valence-electron chi connectivity index (χ4n) is 5.05. The summed E-state index contributed by atoms with van der Waals surface area (Å²) < 4.78 is 43.0. The van der Waals surface area contributed by atoms with Gasteiger partial charge in [-0.2, -0.15) is 5.26 Å². The molecule has 0 aliphatic rings. The second-order valence-corrected chi connectivity index (χ2v) is 11.9. The lowest BCUT2D eigenvalue weighted by atomic mass is 9.82. The third-order valence-corrected chi connectivity index (χ3v) is 8.77. The molecule has 5 rings (SSSR count). The number of aliphatic hydroxyl groups is 1. The Balaban J connectivity index is 0.00000541. The van der Waals surface area contributed by atoms with E-state index in [1.807, 2.05) is 0 Å². The predicted molar refractivity (Wildman–Crippen MR) is 170 cm³/mol. The van der Waals surface area contributed by atoms with Crippen molar-refractivity contribution in [3.8, 4) is 17.3 Å². The minimum absolute atomic E-state index is 0. The molecule has 1 amide bonds. The zero-order valence-corrected chi connectivity index (χ0v) is 28.2. The molecular weight excluding hydrogens is 678 g/mol. The van der Waals surface area contributed by atoms with E-state index in [0.29, 0.717) is 27.5 Å².